The number of nitrogens with zero attached hydrogens (tertiary/aromatic N) is 1. The third-order valence-corrected chi connectivity index (χ3v) is 3.76. The number of ether oxygens (including phenoxy) is 2. The van der Waals surface area contributed by atoms with E-state index in [-0.39, 0.29) is 18.1 Å². The Bertz CT molecular complexity index is 585. The highest BCUT2D eigenvalue weighted by Gasteiger charge is 2.20. The molecule has 0 aliphatic carbocycles. The topological polar surface area (TPSA) is 79.9 Å². The third kappa shape index (κ3) is 6.62. The average molecular weight is 349 g/mol. The average Bonchev–Trinajstić information content (AvgIpc) is 3.06. The number of hydrogen-bond acceptors (Lipinski definition) is 4. The van der Waals surface area contributed by atoms with E-state index < -0.39 is 6.09 Å². The lowest BCUT2D eigenvalue weighted by Crippen LogP contribution is -2.37. The minimum atomic E-state index is -0.507. The van der Waals surface area contributed by atoms with Gasteiger partial charge in [-0.05, 0) is 37.0 Å². The van der Waals surface area contributed by atoms with Crippen molar-refractivity contribution >= 4 is 23.5 Å². The van der Waals surface area contributed by atoms with Crippen molar-refractivity contribution in [2.75, 3.05) is 37.4 Å². The predicted octanol–water partition coefficient (Wildman–Crippen LogP) is 3.53. The number of benzene rings is 1. The van der Waals surface area contributed by atoms with E-state index in [0.717, 1.165) is 19.4 Å². The molecule has 0 saturated carbocycles. The SMILES string of the molecule is CC(C)COC(=O)Nc1cccc(NC(=O)N(C)C[C@@H]2CCCO2)c1. The van der Waals surface area contributed by atoms with E-state index in [9.17, 15) is 9.59 Å². The Kier molecular flexibility index (Phi) is 7.06. The van der Waals surface area contributed by atoms with Crippen LogP contribution in [0.3, 0.4) is 0 Å². The number of nitrogens with one attached hydrogen (secondary N) is 2. The van der Waals surface area contributed by atoms with Crippen molar-refractivity contribution in [3.63, 3.8) is 0 Å². The zero-order valence-electron chi connectivity index (χ0n) is 15.1. The molecule has 0 unspecified atom stereocenters. The molecular formula is C18H27N3O4. The molecule has 7 heteroatoms. The molecule has 1 aliphatic rings. The summed E-state index contributed by atoms with van der Waals surface area (Å²) in [4.78, 5) is 25.6. The number of amides is 3. The van der Waals surface area contributed by atoms with Crippen molar-refractivity contribution in [3.05, 3.63) is 24.3 Å². The fourth-order valence-electron chi connectivity index (χ4n) is 2.47. The van der Waals surface area contributed by atoms with Gasteiger partial charge in [0.15, 0.2) is 0 Å². The number of carbonyl (C=O) groups is 2. The van der Waals surface area contributed by atoms with Crippen LogP contribution in [0, 0.1) is 5.92 Å². The second-order valence-electron chi connectivity index (χ2n) is 6.64. The molecule has 1 aromatic carbocycles. The van der Waals surface area contributed by atoms with Crippen LogP contribution >= 0.6 is 0 Å². The summed E-state index contributed by atoms with van der Waals surface area (Å²) in [6.07, 6.45) is 1.63. The largest absolute Gasteiger partial charge is 0.449 e. The number of likely N-dealkylation sites (N-methyl/N-ethyl adjacent to an activating group) is 1. The summed E-state index contributed by atoms with van der Waals surface area (Å²) in [6, 6.07) is 6.74. The van der Waals surface area contributed by atoms with E-state index in [4.69, 9.17) is 9.47 Å². The molecule has 7 nitrogen and oxygen atoms in total. The first-order valence-corrected chi connectivity index (χ1v) is 8.61. The molecule has 1 saturated heterocycles. The number of urea groups is 1. The van der Waals surface area contributed by atoms with Crippen LogP contribution in [0.4, 0.5) is 21.0 Å². The van der Waals surface area contributed by atoms with Crippen molar-refractivity contribution in [3.8, 4) is 0 Å². The lowest BCUT2D eigenvalue weighted by molar-refractivity contribution is 0.0894. The number of hydrogen-bond donors (Lipinski definition) is 2. The second kappa shape index (κ2) is 9.27. The van der Waals surface area contributed by atoms with Gasteiger partial charge in [0.05, 0.1) is 12.7 Å². The second-order valence-corrected chi connectivity index (χ2v) is 6.64. The van der Waals surface area contributed by atoms with Crippen LogP contribution in [0.5, 0.6) is 0 Å². The Morgan fingerprint density at radius 1 is 1.32 bits per heavy atom. The molecule has 138 valence electrons. The minimum absolute atomic E-state index is 0.111. The summed E-state index contributed by atoms with van der Waals surface area (Å²) in [5.74, 6) is 0.274. The Morgan fingerprint density at radius 3 is 2.68 bits per heavy atom. The summed E-state index contributed by atoms with van der Waals surface area (Å²) in [7, 11) is 1.74. The van der Waals surface area contributed by atoms with Crippen LogP contribution in [0.1, 0.15) is 26.7 Å². The molecule has 0 aromatic heterocycles. The lowest BCUT2D eigenvalue weighted by Gasteiger charge is -2.21. The molecule has 0 radical (unpaired) electrons. The molecule has 2 N–H and O–H groups in total. The van der Waals surface area contributed by atoms with Gasteiger partial charge in [0.2, 0.25) is 0 Å². The first-order valence-electron chi connectivity index (χ1n) is 8.61. The van der Waals surface area contributed by atoms with Gasteiger partial charge in [-0.25, -0.2) is 9.59 Å². The van der Waals surface area contributed by atoms with E-state index in [1.54, 1.807) is 36.2 Å². The smallest absolute Gasteiger partial charge is 0.411 e. The molecular weight excluding hydrogens is 322 g/mol. The van der Waals surface area contributed by atoms with Crippen molar-refractivity contribution in [2.24, 2.45) is 5.92 Å². The van der Waals surface area contributed by atoms with Crippen LogP contribution in [-0.4, -0.2) is 49.9 Å². The molecule has 1 aromatic rings. The third-order valence-electron chi connectivity index (χ3n) is 3.76. The van der Waals surface area contributed by atoms with Gasteiger partial charge in [0.25, 0.3) is 0 Å². The number of anilines is 2. The first-order chi connectivity index (χ1) is 11.9. The Morgan fingerprint density at radius 2 is 2.04 bits per heavy atom. The summed E-state index contributed by atoms with van der Waals surface area (Å²) >= 11 is 0. The number of rotatable bonds is 6. The van der Waals surface area contributed by atoms with Gasteiger partial charge in [0, 0.05) is 31.6 Å². The van der Waals surface area contributed by atoms with Crippen LogP contribution in [0.25, 0.3) is 0 Å². The zero-order chi connectivity index (χ0) is 18.2. The Balaban J connectivity index is 1.85. The normalized spacial score (nSPS) is 16.6. The highest BCUT2D eigenvalue weighted by Crippen LogP contribution is 2.17. The van der Waals surface area contributed by atoms with Crippen molar-refractivity contribution in [2.45, 2.75) is 32.8 Å². The van der Waals surface area contributed by atoms with Gasteiger partial charge in [-0.15, -0.1) is 0 Å². The quantitative estimate of drug-likeness (QED) is 0.823. The summed E-state index contributed by atoms with van der Waals surface area (Å²) in [5, 5.41) is 5.47. The van der Waals surface area contributed by atoms with E-state index in [1.165, 1.54) is 0 Å². The van der Waals surface area contributed by atoms with Gasteiger partial charge in [-0.1, -0.05) is 19.9 Å². The first kappa shape index (κ1) is 19.1. The van der Waals surface area contributed by atoms with Crippen LogP contribution in [-0.2, 0) is 9.47 Å². The molecule has 0 bridgehead atoms. The minimum Gasteiger partial charge on any atom is -0.449 e. The van der Waals surface area contributed by atoms with E-state index >= 15 is 0 Å². The molecule has 2 rings (SSSR count). The molecule has 1 fully saturated rings. The maximum Gasteiger partial charge on any atom is 0.411 e. The van der Waals surface area contributed by atoms with Gasteiger partial charge >= 0.3 is 12.1 Å². The maximum absolute atomic E-state index is 12.3. The van der Waals surface area contributed by atoms with E-state index in [0.29, 0.717) is 24.5 Å². The zero-order valence-corrected chi connectivity index (χ0v) is 15.1. The van der Waals surface area contributed by atoms with Gasteiger partial charge in [0.1, 0.15) is 0 Å². The molecule has 3 amide bonds. The monoisotopic (exact) mass is 349 g/mol. The van der Waals surface area contributed by atoms with E-state index in [2.05, 4.69) is 10.6 Å². The fourth-order valence-corrected chi connectivity index (χ4v) is 2.47. The standard InChI is InChI=1S/C18H27N3O4/c1-13(2)12-25-18(23)20-15-7-4-6-14(10-15)19-17(22)21(3)11-16-8-5-9-24-16/h4,6-7,10,13,16H,5,8-9,11-12H2,1-3H3,(H,19,22)(H,20,23)/t16-/m0/s1. The molecule has 25 heavy (non-hydrogen) atoms. The molecule has 0 spiro atoms. The van der Waals surface area contributed by atoms with Crippen LogP contribution in [0.2, 0.25) is 0 Å². The highest BCUT2D eigenvalue weighted by atomic mass is 16.5. The lowest BCUT2D eigenvalue weighted by atomic mass is 10.2. The van der Waals surface area contributed by atoms with Gasteiger partial charge in [-0.3, -0.25) is 5.32 Å². The highest BCUT2D eigenvalue weighted by molar-refractivity contribution is 5.91. The van der Waals surface area contributed by atoms with Gasteiger partial charge < -0.3 is 19.7 Å². The van der Waals surface area contributed by atoms with Crippen LogP contribution in [0.15, 0.2) is 24.3 Å². The maximum atomic E-state index is 12.3. The van der Waals surface area contributed by atoms with Crippen molar-refractivity contribution in [1.29, 1.82) is 0 Å². The summed E-state index contributed by atoms with van der Waals surface area (Å²) in [5.41, 5.74) is 1.17. The fraction of sp³-hybridized carbons (Fsp3) is 0.556. The van der Waals surface area contributed by atoms with Gasteiger partial charge in [-0.2, -0.15) is 0 Å². The van der Waals surface area contributed by atoms with E-state index in [1.807, 2.05) is 13.8 Å². The molecule has 1 aliphatic heterocycles. The van der Waals surface area contributed by atoms with Crippen molar-refractivity contribution < 1.29 is 19.1 Å². The molecule has 1 heterocycles. The predicted molar refractivity (Wildman–Crippen MR) is 96.9 cm³/mol. The number of carbonyl (C=O) groups excluding carboxylic acids is 2. The van der Waals surface area contributed by atoms with Crippen LogP contribution < -0.4 is 10.6 Å². The summed E-state index contributed by atoms with van der Waals surface area (Å²) < 4.78 is 10.6. The van der Waals surface area contributed by atoms with Crippen molar-refractivity contribution in [1.82, 2.24) is 4.90 Å². The Hall–Kier alpha value is -2.28. The summed E-state index contributed by atoms with van der Waals surface area (Å²) in [6.45, 7) is 5.62. The molecule has 1 atom stereocenters. The Labute approximate surface area is 148 Å².